The number of carbonyl (C=O) groups excluding carboxylic acids is 1. The molecule has 1 aromatic rings. The Bertz CT molecular complexity index is 598. The summed E-state index contributed by atoms with van der Waals surface area (Å²) in [6, 6.07) is 0.835. The van der Waals surface area contributed by atoms with E-state index in [1.54, 1.807) is 19.4 Å². The van der Waals surface area contributed by atoms with Gasteiger partial charge in [0.05, 0.1) is 5.56 Å². The highest BCUT2D eigenvalue weighted by molar-refractivity contribution is 5.93. The van der Waals surface area contributed by atoms with Gasteiger partial charge in [-0.2, -0.15) is 0 Å². The molecule has 0 radical (unpaired) electrons. The molecule has 0 bridgehead atoms. The Morgan fingerprint density at radius 1 is 1.16 bits per heavy atom. The molecule has 2 N–H and O–H groups in total. The molecular formula is C18H27N5O2. The van der Waals surface area contributed by atoms with Crippen molar-refractivity contribution in [2.24, 2.45) is 11.8 Å². The Labute approximate surface area is 148 Å². The summed E-state index contributed by atoms with van der Waals surface area (Å²) in [5, 5.41) is 6.13. The van der Waals surface area contributed by atoms with E-state index in [9.17, 15) is 4.79 Å². The second kappa shape index (κ2) is 7.25. The first-order valence-corrected chi connectivity index (χ1v) is 9.37. The predicted octanol–water partition coefficient (Wildman–Crippen LogP) is 1.14. The minimum Gasteiger partial charge on any atom is -0.381 e. The zero-order valence-electron chi connectivity index (χ0n) is 14.8. The largest absolute Gasteiger partial charge is 0.381 e. The number of amides is 1. The number of hydrogen-bond acceptors (Lipinski definition) is 6. The third-order valence-corrected chi connectivity index (χ3v) is 5.78. The molecular weight excluding hydrogens is 318 g/mol. The number of nitrogens with one attached hydrogen (secondary N) is 2. The van der Waals surface area contributed by atoms with Gasteiger partial charge in [0.15, 0.2) is 0 Å². The van der Waals surface area contributed by atoms with Gasteiger partial charge in [-0.05, 0) is 37.5 Å². The average molecular weight is 345 g/mol. The molecule has 2 atom stereocenters. The molecule has 2 unspecified atom stereocenters. The van der Waals surface area contributed by atoms with Crippen molar-refractivity contribution in [2.45, 2.75) is 37.8 Å². The third kappa shape index (κ3) is 3.77. The van der Waals surface area contributed by atoms with E-state index in [1.807, 2.05) is 0 Å². The van der Waals surface area contributed by atoms with E-state index in [1.165, 1.54) is 12.8 Å². The first-order chi connectivity index (χ1) is 12.2. The number of ether oxygens (including phenoxy) is 1. The Hall–Kier alpha value is -1.73. The lowest BCUT2D eigenvalue weighted by Gasteiger charge is -2.31. The summed E-state index contributed by atoms with van der Waals surface area (Å²) < 4.78 is 5.50. The molecule has 1 amide bonds. The fourth-order valence-corrected chi connectivity index (χ4v) is 4.19. The lowest BCUT2D eigenvalue weighted by Crippen LogP contribution is -2.43. The molecule has 1 aliphatic carbocycles. The molecule has 7 nitrogen and oxygen atoms in total. The van der Waals surface area contributed by atoms with Crippen LogP contribution in [0, 0.1) is 11.8 Å². The van der Waals surface area contributed by atoms with Crippen LogP contribution in [0.2, 0.25) is 0 Å². The van der Waals surface area contributed by atoms with Crippen molar-refractivity contribution in [1.82, 2.24) is 20.2 Å². The SMILES string of the molecule is CNc1ncc(C(=O)NC2CN(C3CCOCC3)CC2C2CC2)cn1. The van der Waals surface area contributed by atoms with Crippen LogP contribution in [0.25, 0.3) is 0 Å². The third-order valence-electron chi connectivity index (χ3n) is 5.78. The Morgan fingerprint density at radius 3 is 2.52 bits per heavy atom. The monoisotopic (exact) mass is 345 g/mol. The highest BCUT2D eigenvalue weighted by Crippen LogP contribution is 2.42. The van der Waals surface area contributed by atoms with Crippen molar-refractivity contribution in [1.29, 1.82) is 0 Å². The van der Waals surface area contributed by atoms with Crippen LogP contribution in [-0.4, -0.2) is 66.2 Å². The van der Waals surface area contributed by atoms with E-state index in [0.717, 1.165) is 45.1 Å². The molecule has 136 valence electrons. The molecule has 3 aliphatic rings. The average Bonchev–Trinajstić information content (AvgIpc) is 3.43. The van der Waals surface area contributed by atoms with Gasteiger partial charge in [0.1, 0.15) is 0 Å². The number of carbonyl (C=O) groups is 1. The smallest absolute Gasteiger partial charge is 0.254 e. The predicted molar refractivity (Wildman–Crippen MR) is 94.5 cm³/mol. The number of hydrogen-bond donors (Lipinski definition) is 2. The molecule has 1 aromatic heterocycles. The van der Waals surface area contributed by atoms with E-state index in [2.05, 4.69) is 25.5 Å². The van der Waals surface area contributed by atoms with Gasteiger partial charge in [-0.1, -0.05) is 0 Å². The maximum Gasteiger partial charge on any atom is 0.254 e. The van der Waals surface area contributed by atoms with Gasteiger partial charge < -0.3 is 15.4 Å². The van der Waals surface area contributed by atoms with Crippen LogP contribution in [0.15, 0.2) is 12.4 Å². The minimum atomic E-state index is -0.0628. The summed E-state index contributed by atoms with van der Waals surface area (Å²) in [6.07, 6.45) is 8.00. The number of aromatic nitrogens is 2. The van der Waals surface area contributed by atoms with Gasteiger partial charge in [-0.25, -0.2) is 9.97 Å². The topological polar surface area (TPSA) is 79.4 Å². The van der Waals surface area contributed by atoms with Crippen LogP contribution < -0.4 is 10.6 Å². The molecule has 3 fully saturated rings. The van der Waals surface area contributed by atoms with Crippen LogP contribution >= 0.6 is 0 Å². The number of nitrogens with zero attached hydrogens (tertiary/aromatic N) is 3. The zero-order valence-corrected chi connectivity index (χ0v) is 14.8. The summed E-state index contributed by atoms with van der Waals surface area (Å²) in [7, 11) is 1.76. The second-order valence-electron chi connectivity index (χ2n) is 7.42. The lowest BCUT2D eigenvalue weighted by molar-refractivity contribution is 0.0404. The van der Waals surface area contributed by atoms with Gasteiger partial charge in [0, 0.05) is 57.8 Å². The fourth-order valence-electron chi connectivity index (χ4n) is 4.19. The van der Waals surface area contributed by atoms with Crippen molar-refractivity contribution >= 4 is 11.9 Å². The summed E-state index contributed by atoms with van der Waals surface area (Å²) in [5.74, 6) is 1.81. The number of rotatable bonds is 5. The maximum absolute atomic E-state index is 12.6. The Kier molecular flexibility index (Phi) is 4.85. The van der Waals surface area contributed by atoms with E-state index in [-0.39, 0.29) is 11.9 Å². The van der Waals surface area contributed by atoms with Gasteiger partial charge >= 0.3 is 0 Å². The Morgan fingerprint density at radius 2 is 1.88 bits per heavy atom. The first-order valence-electron chi connectivity index (χ1n) is 9.37. The lowest BCUT2D eigenvalue weighted by atomic mass is 9.98. The molecule has 2 aliphatic heterocycles. The van der Waals surface area contributed by atoms with E-state index in [4.69, 9.17) is 4.74 Å². The highest BCUT2D eigenvalue weighted by atomic mass is 16.5. The molecule has 25 heavy (non-hydrogen) atoms. The normalized spacial score (nSPS) is 28.0. The zero-order chi connectivity index (χ0) is 17.2. The summed E-state index contributed by atoms with van der Waals surface area (Å²) in [4.78, 5) is 23.5. The minimum absolute atomic E-state index is 0.0628. The van der Waals surface area contributed by atoms with Gasteiger partial charge in [0.25, 0.3) is 5.91 Å². The molecule has 0 spiro atoms. The Balaban J connectivity index is 1.41. The van der Waals surface area contributed by atoms with E-state index >= 15 is 0 Å². The standard InChI is InChI=1S/C18H27N5O2/c1-19-18-20-8-13(9-21-18)17(24)22-16-11-23(10-15(16)12-2-3-12)14-4-6-25-7-5-14/h8-9,12,14-16H,2-7,10-11H2,1H3,(H,22,24)(H,19,20,21). The summed E-state index contributed by atoms with van der Waals surface area (Å²) in [6.45, 7) is 3.78. The fraction of sp³-hybridized carbons (Fsp3) is 0.722. The molecule has 3 heterocycles. The van der Waals surface area contributed by atoms with E-state index in [0.29, 0.717) is 23.5 Å². The van der Waals surface area contributed by atoms with Crippen LogP contribution in [0.1, 0.15) is 36.0 Å². The summed E-state index contributed by atoms with van der Waals surface area (Å²) in [5.41, 5.74) is 0.526. The van der Waals surface area contributed by atoms with Crippen LogP contribution in [0.3, 0.4) is 0 Å². The maximum atomic E-state index is 12.6. The molecule has 1 saturated carbocycles. The van der Waals surface area contributed by atoms with Crippen LogP contribution in [0.4, 0.5) is 5.95 Å². The first kappa shape index (κ1) is 16.7. The van der Waals surface area contributed by atoms with E-state index < -0.39 is 0 Å². The van der Waals surface area contributed by atoms with Crippen molar-refractivity contribution in [3.8, 4) is 0 Å². The summed E-state index contributed by atoms with van der Waals surface area (Å²) >= 11 is 0. The molecule has 7 heteroatoms. The van der Waals surface area contributed by atoms with Crippen molar-refractivity contribution < 1.29 is 9.53 Å². The van der Waals surface area contributed by atoms with Gasteiger partial charge in [0.2, 0.25) is 5.95 Å². The number of anilines is 1. The quantitative estimate of drug-likeness (QED) is 0.833. The van der Waals surface area contributed by atoms with Crippen molar-refractivity contribution in [3.05, 3.63) is 18.0 Å². The molecule has 4 rings (SSSR count). The molecule has 0 aromatic carbocycles. The van der Waals surface area contributed by atoms with Gasteiger partial charge in [-0.3, -0.25) is 9.69 Å². The van der Waals surface area contributed by atoms with Gasteiger partial charge in [-0.15, -0.1) is 0 Å². The van der Waals surface area contributed by atoms with Crippen molar-refractivity contribution in [3.63, 3.8) is 0 Å². The number of likely N-dealkylation sites (tertiary alicyclic amines) is 1. The van der Waals surface area contributed by atoms with Crippen LogP contribution in [-0.2, 0) is 4.74 Å². The molecule has 2 saturated heterocycles. The second-order valence-corrected chi connectivity index (χ2v) is 7.42. The van der Waals surface area contributed by atoms with Crippen molar-refractivity contribution in [2.75, 3.05) is 38.7 Å². The highest BCUT2D eigenvalue weighted by Gasteiger charge is 2.44. The van der Waals surface area contributed by atoms with Crippen LogP contribution in [0.5, 0.6) is 0 Å².